The standard InChI is InChI=1S/C58H42N2/c1-3-13-41(14-4-1)43-23-32-48(33-24-43)59(49-34-25-44(26-35-49)42-15-5-2-6-16-42)50-36-27-46(28-37-50)52-18-9-10-19-53(52)47-29-38-51(39-30-47)60-57-22-12-11-21-55(57)56-40-31-45-17-7-8-20-54(45)58(56)60/h1-27,29-36,38-40H,28,37H2. The third kappa shape index (κ3) is 6.40. The van der Waals surface area contributed by atoms with Gasteiger partial charge in [0.25, 0.3) is 0 Å². The van der Waals surface area contributed by atoms with Crippen LogP contribution in [0.5, 0.6) is 0 Å². The first kappa shape index (κ1) is 35.5. The van der Waals surface area contributed by atoms with Crippen LogP contribution in [-0.4, -0.2) is 4.57 Å². The van der Waals surface area contributed by atoms with Crippen molar-refractivity contribution < 1.29 is 0 Å². The maximum atomic E-state index is 2.44. The van der Waals surface area contributed by atoms with Gasteiger partial charge in [0.1, 0.15) is 0 Å². The second-order valence-corrected chi connectivity index (χ2v) is 15.6. The van der Waals surface area contributed by atoms with Crippen LogP contribution >= 0.6 is 0 Å². The highest BCUT2D eigenvalue weighted by Crippen LogP contribution is 2.41. The molecule has 0 bridgehead atoms. The Kier molecular flexibility index (Phi) is 9.02. The normalized spacial score (nSPS) is 12.7. The van der Waals surface area contributed by atoms with E-state index in [-0.39, 0.29) is 0 Å². The molecule has 2 heteroatoms. The zero-order valence-corrected chi connectivity index (χ0v) is 33.2. The fourth-order valence-electron chi connectivity index (χ4n) is 9.19. The molecule has 0 fully saturated rings. The zero-order valence-electron chi connectivity index (χ0n) is 33.2. The number of rotatable bonds is 8. The van der Waals surface area contributed by atoms with E-state index >= 15 is 0 Å². The average Bonchev–Trinajstić information content (AvgIpc) is 3.68. The van der Waals surface area contributed by atoms with Crippen molar-refractivity contribution in [2.75, 3.05) is 4.90 Å². The highest BCUT2D eigenvalue weighted by molar-refractivity contribution is 6.18. The molecule has 0 atom stereocenters. The molecule has 1 aromatic heterocycles. The minimum Gasteiger partial charge on any atom is -0.314 e. The highest BCUT2D eigenvalue weighted by atomic mass is 15.1. The number of fused-ring (bicyclic) bond motifs is 5. The summed E-state index contributed by atoms with van der Waals surface area (Å²) in [6.45, 7) is 0. The van der Waals surface area contributed by atoms with Gasteiger partial charge in [-0.05, 0) is 111 Å². The van der Waals surface area contributed by atoms with Crippen molar-refractivity contribution in [1.82, 2.24) is 4.57 Å². The SMILES string of the molecule is C1=C(c2ccccc2-c2ccc(-n3c4ccccc4c4ccc5ccccc5c43)cc2)CCC(N(c2ccc(-c3ccccc3)cc2)c2ccc(-c3ccccc3)cc2)=C1. The van der Waals surface area contributed by atoms with Gasteiger partial charge in [0.15, 0.2) is 0 Å². The second kappa shape index (κ2) is 15.2. The van der Waals surface area contributed by atoms with Crippen molar-refractivity contribution in [3.05, 3.63) is 242 Å². The number of hydrogen-bond donors (Lipinski definition) is 0. The Labute approximate surface area is 351 Å². The van der Waals surface area contributed by atoms with E-state index in [4.69, 9.17) is 0 Å². The number of allylic oxidation sites excluding steroid dienone is 4. The summed E-state index contributed by atoms with van der Waals surface area (Å²) in [4.78, 5) is 2.43. The van der Waals surface area contributed by atoms with Crippen molar-refractivity contribution >= 4 is 49.5 Å². The van der Waals surface area contributed by atoms with Crippen LogP contribution in [0.15, 0.2) is 236 Å². The second-order valence-electron chi connectivity index (χ2n) is 15.6. The summed E-state index contributed by atoms with van der Waals surface area (Å²) in [6.07, 6.45) is 6.54. The van der Waals surface area contributed by atoms with Crippen molar-refractivity contribution in [2.45, 2.75) is 12.8 Å². The molecule has 0 unspecified atom stereocenters. The predicted octanol–water partition coefficient (Wildman–Crippen LogP) is 15.8. The first-order chi connectivity index (χ1) is 29.8. The van der Waals surface area contributed by atoms with Gasteiger partial charge < -0.3 is 9.47 Å². The third-order valence-electron chi connectivity index (χ3n) is 12.1. The van der Waals surface area contributed by atoms with Crippen LogP contribution in [0.1, 0.15) is 18.4 Å². The molecule has 11 rings (SSSR count). The quantitative estimate of drug-likeness (QED) is 0.150. The lowest BCUT2D eigenvalue weighted by Gasteiger charge is -2.30. The van der Waals surface area contributed by atoms with E-state index in [0.717, 1.165) is 29.9 Å². The Morgan fingerprint density at radius 3 is 1.52 bits per heavy atom. The average molecular weight is 767 g/mol. The van der Waals surface area contributed by atoms with E-state index in [1.54, 1.807) is 0 Å². The molecule has 284 valence electrons. The molecule has 1 aliphatic rings. The first-order valence-electron chi connectivity index (χ1n) is 20.9. The third-order valence-corrected chi connectivity index (χ3v) is 12.1. The highest BCUT2D eigenvalue weighted by Gasteiger charge is 2.21. The summed E-state index contributed by atoms with van der Waals surface area (Å²) in [7, 11) is 0. The molecule has 0 aliphatic heterocycles. The van der Waals surface area contributed by atoms with E-state index in [2.05, 4.69) is 240 Å². The van der Waals surface area contributed by atoms with E-state index < -0.39 is 0 Å². The number of para-hydroxylation sites is 1. The van der Waals surface area contributed by atoms with Gasteiger partial charge in [-0.25, -0.2) is 0 Å². The van der Waals surface area contributed by atoms with Crippen molar-refractivity contribution in [2.24, 2.45) is 0 Å². The first-order valence-corrected chi connectivity index (χ1v) is 20.9. The van der Waals surface area contributed by atoms with Gasteiger partial charge >= 0.3 is 0 Å². The van der Waals surface area contributed by atoms with E-state index in [9.17, 15) is 0 Å². The van der Waals surface area contributed by atoms with Gasteiger partial charge in [0.2, 0.25) is 0 Å². The Morgan fingerprint density at radius 2 is 0.883 bits per heavy atom. The fraction of sp³-hybridized carbons (Fsp3) is 0.0345. The smallest absolute Gasteiger partial charge is 0.0619 e. The predicted molar refractivity (Wildman–Crippen MR) is 255 cm³/mol. The monoisotopic (exact) mass is 766 g/mol. The molecule has 9 aromatic carbocycles. The van der Waals surface area contributed by atoms with Crippen LogP contribution in [0.2, 0.25) is 0 Å². The topological polar surface area (TPSA) is 8.17 Å². The largest absolute Gasteiger partial charge is 0.314 e. The summed E-state index contributed by atoms with van der Waals surface area (Å²) in [6, 6.07) is 79.3. The molecule has 10 aromatic rings. The minimum atomic E-state index is 0.918. The molecule has 0 amide bonds. The number of benzene rings is 9. The van der Waals surface area contributed by atoms with Crippen molar-refractivity contribution in [1.29, 1.82) is 0 Å². The van der Waals surface area contributed by atoms with Crippen LogP contribution in [0.25, 0.3) is 77.2 Å². The molecule has 0 saturated heterocycles. The molecule has 0 spiro atoms. The van der Waals surface area contributed by atoms with Gasteiger partial charge in [0.05, 0.1) is 11.0 Å². The minimum absolute atomic E-state index is 0.918. The van der Waals surface area contributed by atoms with Gasteiger partial charge in [0, 0.05) is 38.9 Å². The van der Waals surface area contributed by atoms with E-state index in [1.165, 1.54) is 82.8 Å². The fourth-order valence-corrected chi connectivity index (χ4v) is 9.19. The lowest BCUT2D eigenvalue weighted by atomic mass is 9.89. The number of hydrogen-bond acceptors (Lipinski definition) is 1. The zero-order chi connectivity index (χ0) is 39.8. The molecular weight excluding hydrogens is 725 g/mol. The molecular formula is C58H42N2. The lowest BCUT2D eigenvalue weighted by molar-refractivity contribution is 0.930. The Morgan fingerprint density at radius 1 is 0.350 bits per heavy atom. The van der Waals surface area contributed by atoms with E-state index in [0.29, 0.717) is 0 Å². The van der Waals surface area contributed by atoms with Gasteiger partial charge in [-0.2, -0.15) is 0 Å². The van der Waals surface area contributed by atoms with Crippen molar-refractivity contribution in [3.63, 3.8) is 0 Å². The van der Waals surface area contributed by atoms with Gasteiger partial charge in [-0.3, -0.25) is 0 Å². The Hall–Kier alpha value is -7.68. The molecule has 2 nitrogen and oxygen atoms in total. The number of anilines is 2. The summed E-state index contributed by atoms with van der Waals surface area (Å²) in [5.74, 6) is 0. The summed E-state index contributed by atoms with van der Waals surface area (Å²) in [5.41, 5.74) is 17.2. The molecule has 1 heterocycles. The number of aromatic nitrogens is 1. The van der Waals surface area contributed by atoms with Crippen LogP contribution in [0, 0.1) is 0 Å². The molecule has 0 saturated carbocycles. The molecule has 0 radical (unpaired) electrons. The van der Waals surface area contributed by atoms with Crippen LogP contribution in [-0.2, 0) is 0 Å². The van der Waals surface area contributed by atoms with Crippen LogP contribution < -0.4 is 4.90 Å². The lowest BCUT2D eigenvalue weighted by Crippen LogP contribution is -2.18. The Balaban J connectivity index is 0.945. The van der Waals surface area contributed by atoms with Gasteiger partial charge in [-0.1, -0.05) is 182 Å². The maximum Gasteiger partial charge on any atom is 0.0619 e. The summed E-state index contributed by atoms with van der Waals surface area (Å²) < 4.78 is 2.44. The van der Waals surface area contributed by atoms with Crippen LogP contribution in [0.3, 0.4) is 0 Å². The molecule has 60 heavy (non-hydrogen) atoms. The maximum absolute atomic E-state index is 2.44. The van der Waals surface area contributed by atoms with E-state index in [1.807, 2.05) is 0 Å². The summed E-state index contributed by atoms with van der Waals surface area (Å²) in [5, 5.41) is 5.07. The van der Waals surface area contributed by atoms with Crippen molar-refractivity contribution in [3.8, 4) is 39.1 Å². The summed E-state index contributed by atoms with van der Waals surface area (Å²) >= 11 is 0. The Bertz CT molecular complexity index is 3120. The number of nitrogens with zero attached hydrogens (tertiary/aromatic N) is 2. The van der Waals surface area contributed by atoms with Crippen LogP contribution in [0.4, 0.5) is 11.4 Å². The molecule has 0 N–H and O–H groups in total. The molecule has 1 aliphatic carbocycles. The van der Waals surface area contributed by atoms with Gasteiger partial charge in [-0.15, -0.1) is 0 Å².